The molecule has 0 spiro atoms. The number of fused-ring (bicyclic) bond motifs is 1. The van der Waals surface area contributed by atoms with Gasteiger partial charge in [0.25, 0.3) is 0 Å². The average Bonchev–Trinajstić information content (AvgIpc) is 2.97. The molecule has 0 aliphatic heterocycles. The number of rotatable bonds is 5. The topological polar surface area (TPSA) is 40.9 Å². The van der Waals surface area contributed by atoms with Gasteiger partial charge in [0.15, 0.2) is 0 Å². The molecule has 138 valence electrons. The molecule has 1 amide bonds. The zero-order chi connectivity index (χ0) is 16.8. The second-order valence-electron chi connectivity index (χ2n) is 5.27. The third-order valence-electron chi connectivity index (χ3n) is 3.32. The Morgan fingerprint density at radius 3 is 2.16 bits per heavy atom. The average molecular weight is 565 g/mol. The van der Waals surface area contributed by atoms with Crippen molar-refractivity contribution in [2.45, 2.75) is 52.6 Å². The Bertz CT molecular complexity index is 493. The Balaban J connectivity index is -0.000000138. The summed E-state index contributed by atoms with van der Waals surface area (Å²) in [6.45, 7) is 8.37. The molecule has 2 nitrogen and oxygen atoms in total. The maximum atomic E-state index is 10.5. The summed E-state index contributed by atoms with van der Waals surface area (Å²) < 4.78 is 0. The van der Waals surface area contributed by atoms with Gasteiger partial charge in [-0.2, -0.15) is 17.5 Å². The molecule has 2 rings (SSSR count). The van der Waals surface area contributed by atoms with Crippen LogP contribution >= 0.6 is 0 Å². The van der Waals surface area contributed by atoms with E-state index in [-0.39, 0.29) is 56.6 Å². The largest absolute Gasteiger partial charge is 4.00 e. The maximum absolute atomic E-state index is 10.5. The Morgan fingerprint density at radius 1 is 1.16 bits per heavy atom. The van der Waals surface area contributed by atoms with E-state index in [9.17, 15) is 4.79 Å². The first-order valence-electron chi connectivity index (χ1n) is 8.04. The molecule has 0 fully saturated rings. The molecule has 1 unspecified atom stereocenters. The fourth-order valence-corrected chi connectivity index (χ4v) is 2.04. The van der Waals surface area contributed by atoms with Gasteiger partial charge in [-0.1, -0.05) is 45.8 Å². The van der Waals surface area contributed by atoms with Gasteiger partial charge in [-0.15, -0.1) is 29.7 Å². The Kier molecular flexibility index (Phi) is 28.7. The summed E-state index contributed by atoms with van der Waals surface area (Å²) in [5, 5.41) is 2.66. The van der Waals surface area contributed by atoms with Gasteiger partial charge in [0.1, 0.15) is 0 Å². The predicted octanol–water partition coefficient (Wildman–Crippen LogP) is 0.133. The molecule has 2 aromatic rings. The van der Waals surface area contributed by atoms with Gasteiger partial charge in [-0.3, -0.25) is 0 Å². The molecule has 2 radical (unpaired) electrons. The van der Waals surface area contributed by atoms with E-state index in [4.69, 9.17) is 5.73 Å². The van der Waals surface area contributed by atoms with Crippen molar-refractivity contribution in [3.8, 4) is 0 Å². The number of amides is 1. The van der Waals surface area contributed by atoms with E-state index in [1.54, 1.807) is 0 Å². The molecule has 0 heterocycles. The van der Waals surface area contributed by atoms with Gasteiger partial charge in [-0.05, 0) is 18.8 Å². The van der Waals surface area contributed by atoms with Crippen molar-refractivity contribution >= 4 is 26.2 Å². The Hall–Kier alpha value is -0.0330. The van der Waals surface area contributed by atoms with Gasteiger partial charge in [0, 0.05) is 9.52 Å². The van der Waals surface area contributed by atoms with Crippen LogP contribution in [0.2, 0.25) is 13.1 Å². The third-order valence-corrected chi connectivity index (χ3v) is 3.32. The molecule has 1 N–H and O–H groups in total. The number of halogens is 2. The van der Waals surface area contributed by atoms with Gasteiger partial charge < -0.3 is 35.3 Å². The van der Waals surface area contributed by atoms with Gasteiger partial charge in [0.05, 0.1) is 5.91 Å². The van der Waals surface area contributed by atoms with E-state index < -0.39 is 5.91 Å². The zero-order valence-corrected chi connectivity index (χ0v) is 21.7. The SMILES string of the molecule is CCCCC(CC)C([NH-])=O.C[Si]C.[Cl-].[Cl-].[Hf+4].c1ccc2[cH-]ccc2c1. The number of nitrogens with one attached hydrogen (secondary N) is 1. The number of carbonyl (C=O) groups excluding carboxylic acids is 1. The first kappa shape index (κ1) is 32.6. The van der Waals surface area contributed by atoms with E-state index in [1.165, 1.54) is 10.8 Å². The zero-order valence-electron chi connectivity index (χ0n) is 15.6. The summed E-state index contributed by atoms with van der Waals surface area (Å²) in [6, 6.07) is 14.7. The van der Waals surface area contributed by atoms with Crippen LogP contribution in [0.15, 0.2) is 42.5 Å². The summed E-state index contributed by atoms with van der Waals surface area (Å²) >= 11 is 0. The van der Waals surface area contributed by atoms with E-state index in [2.05, 4.69) is 62.5 Å². The minimum atomic E-state index is -0.393. The molecule has 0 saturated carbocycles. The van der Waals surface area contributed by atoms with Crippen molar-refractivity contribution in [2.75, 3.05) is 0 Å². The smallest absolute Gasteiger partial charge is 1.00 e. The van der Waals surface area contributed by atoms with E-state index in [0.29, 0.717) is 0 Å². The van der Waals surface area contributed by atoms with Crippen LogP contribution < -0.4 is 24.8 Å². The molecule has 0 bridgehead atoms. The first-order chi connectivity index (χ1) is 10.6. The van der Waals surface area contributed by atoms with E-state index >= 15 is 0 Å². The van der Waals surface area contributed by atoms with Crippen LogP contribution in [-0.4, -0.2) is 15.4 Å². The molecular weight excluding hydrogens is 536 g/mol. The van der Waals surface area contributed by atoms with Crippen LogP contribution in [0.25, 0.3) is 16.5 Å². The first-order valence-corrected chi connectivity index (χ1v) is 10.0. The van der Waals surface area contributed by atoms with Crippen LogP contribution in [0.4, 0.5) is 0 Å². The predicted molar refractivity (Wildman–Crippen MR) is 99.7 cm³/mol. The number of hydrogen-bond donors (Lipinski definition) is 0. The summed E-state index contributed by atoms with van der Waals surface area (Å²) in [4.78, 5) is 10.5. The van der Waals surface area contributed by atoms with Crippen molar-refractivity contribution in [3.63, 3.8) is 0 Å². The molecule has 0 aliphatic carbocycles. The van der Waals surface area contributed by atoms with Crippen molar-refractivity contribution in [1.29, 1.82) is 0 Å². The van der Waals surface area contributed by atoms with Crippen molar-refractivity contribution in [3.05, 3.63) is 48.2 Å². The second kappa shape index (κ2) is 22.0. The molecular formula is C19H29Cl2HfNOSi. The minimum Gasteiger partial charge on any atom is -1.00 e. The van der Waals surface area contributed by atoms with Crippen molar-refractivity contribution < 1.29 is 55.5 Å². The quantitative estimate of drug-likeness (QED) is 0.376. The van der Waals surface area contributed by atoms with Gasteiger partial charge >= 0.3 is 25.8 Å². The minimum absolute atomic E-state index is 0. The summed E-state index contributed by atoms with van der Waals surface area (Å²) in [6.07, 6.45) is 3.91. The normalized spacial score (nSPS) is 9.60. The molecule has 25 heavy (non-hydrogen) atoms. The molecule has 6 heteroatoms. The fraction of sp³-hybridized carbons (Fsp3) is 0.474. The number of benzene rings is 1. The fourth-order valence-electron chi connectivity index (χ4n) is 2.04. The second-order valence-corrected chi connectivity index (χ2v) is 6.27. The molecule has 2 aromatic carbocycles. The van der Waals surface area contributed by atoms with Gasteiger partial charge in [0.2, 0.25) is 0 Å². The molecule has 0 saturated heterocycles. The molecule has 0 aliphatic rings. The third kappa shape index (κ3) is 15.9. The maximum Gasteiger partial charge on any atom is 4.00 e. The number of unbranched alkanes of at least 4 members (excludes halogenated alkanes) is 1. The molecule has 0 aromatic heterocycles. The van der Waals surface area contributed by atoms with Crippen molar-refractivity contribution in [2.24, 2.45) is 5.92 Å². The van der Waals surface area contributed by atoms with E-state index in [1.807, 2.05) is 6.92 Å². The van der Waals surface area contributed by atoms with Crippen LogP contribution in [0, 0.1) is 5.92 Å². The summed E-state index contributed by atoms with van der Waals surface area (Å²) in [5.41, 5.74) is 6.87. The van der Waals surface area contributed by atoms with Crippen molar-refractivity contribution in [1.82, 2.24) is 0 Å². The Labute approximate surface area is 187 Å². The van der Waals surface area contributed by atoms with Crippen LogP contribution in [0.1, 0.15) is 39.5 Å². The standard InChI is InChI=1S/C9H7.C8H17NO.C2H6Si.2ClH.Hf/c1-2-5-9-7-3-6-8(9)4-1;1-3-5-6-7(4-2)8(9)10;1-3-2;;;/h1-7H;7H,3-6H2,1-2H3,(H2,9,10);1-2H3;2*1H;/q-1;;;;;+4/p-3. The number of hydrogen-bond acceptors (Lipinski definition) is 1. The molecule has 1 atom stereocenters. The number of carbonyl (C=O) groups is 1. The summed E-state index contributed by atoms with van der Waals surface area (Å²) in [5.74, 6) is -0.393. The summed E-state index contributed by atoms with van der Waals surface area (Å²) in [7, 11) is 1.08. The van der Waals surface area contributed by atoms with Crippen LogP contribution in [-0.2, 0) is 30.6 Å². The monoisotopic (exact) mass is 565 g/mol. The van der Waals surface area contributed by atoms with Gasteiger partial charge in [-0.25, -0.2) is 0 Å². The van der Waals surface area contributed by atoms with Crippen LogP contribution in [0.5, 0.6) is 0 Å². The van der Waals surface area contributed by atoms with Crippen LogP contribution in [0.3, 0.4) is 0 Å². The Morgan fingerprint density at radius 2 is 1.72 bits per heavy atom. The van der Waals surface area contributed by atoms with E-state index in [0.717, 1.165) is 35.2 Å².